The molecule has 3 aliphatic rings. The second-order valence-electron chi connectivity index (χ2n) is 8.14. The Labute approximate surface area is 155 Å². The number of hydrogen-bond donors (Lipinski definition) is 0. The van der Waals surface area contributed by atoms with Crippen molar-refractivity contribution in [2.24, 2.45) is 12.5 Å². The largest absolute Gasteiger partial charge is 0.339 e. The zero-order valence-corrected chi connectivity index (χ0v) is 16.2. The van der Waals surface area contributed by atoms with E-state index in [0.29, 0.717) is 25.6 Å². The molecule has 26 heavy (non-hydrogen) atoms. The van der Waals surface area contributed by atoms with Crippen LogP contribution in [-0.4, -0.2) is 58.8 Å². The Balaban J connectivity index is 1.53. The van der Waals surface area contributed by atoms with Crippen LogP contribution in [0.5, 0.6) is 0 Å². The standard InChI is InChI=1S/C18H28N4O3S/c1-20-12-16(19-14-20)26(24,25)21-11-9-18(13-21)8-5-10-22(17(18)23)15-6-3-2-4-7-15/h12,14-15H,2-11,13H2,1H3/t18-/m0/s1. The molecule has 1 aromatic heterocycles. The van der Waals surface area contributed by atoms with Gasteiger partial charge in [0.15, 0.2) is 5.03 Å². The zero-order valence-electron chi connectivity index (χ0n) is 15.4. The fraction of sp³-hybridized carbons (Fsp3) is 0.778. The van der Waals surface area contributed by atoms with Crippen LogP contribution in [0.1, 0.15) is 51.4 Å². The SMILES string of the molecule is Cn1cnc(S(=O)(=O)N2CC[C@@]3(CCCN(C4CCCCC4)C3=O)C2)c1. The van der Waals surface area contributed by atoms with Crippen molar-refractivity contribution in [2.75, 3.05) is 19.6 Å². The van der Waals surface area contributed by atoms with Gasteiger partial charge in [0.2, 0.25) is 5.91 Å². The summed E-state index contributed by atoms with van der Waals surface area (Å²) in [6.45, 7) is 1.54. The summed E-state index contributed by atoms with van der Waals surface area (Å²) >= 11 is 0. The normalized spacial score (nSPS) is 29.0. The summed E-state index contributed by atoms with van der Waals surface area (Å²) < 4.78 is 28.9. The summed E-state index contributed by atoms with van der Waals surface area (Å²) in [4.78, 5) is 19.4. The summed E-state index contributed by atoms with van der Waals surface area (Å²) in [7, 11) is -1.87. The Morgan fingerprint density at radius 1 is 1.12 bits per heavy atom. The molecule has 3 heterocycles. The molecule has 0 aromatic carbocycles. The quantitative estimate of drug-likeness (QED) is 0.801. The molecular formula is C18H28N4O3S. The smallest absolute Gasteiger partial charge is 0.262 e. The molecule has 0 unspecified atom stereocenters. The van der Waals surface area contributed by atoms with Crippen molar-refractivity contribution in [1.82, 2.24) is 18.8 Å². The molecule has 4 rings (SSSR count). The average Bonchev–Trinajstić information content (AvgIpc) is 3.26. The fourth-order valence-electron chi connectivity index (χ4n) is 4.91. The number of piperidine rings is 1. The third-order valence-electron chi connectivity index (χ3n) is 6.39. The number of likely N-dealkylation sites (tertiary alicyclic amines) is 1. The molecule has 3 fully saturated rings. The minimum atomic E-state index is -3.63. The maximum atomic E-state index is 13.3. The van der Waals surface area contributed by atoms with Gasteiger partial charge in [-0.05, 0) is 32.1 Å². The maximum Gasteiger partial charge on any atom is 0.262 e. The summed E-state index contributed by atoms with van der Waals surface area (Å²) in [6.07, 6.45) is 11.3. The number of hydrogen-bond acceptors (Lipinski definition) is 4. The van der Waals surface area contributed by atoms with E-state index in [-0.39, 0.29) is 10.9 Å². The molecule has 0 radical (unpaired) electrons. The van der Waals surface area contributed by atoms with Crippen molar-refractivity contribution in [2.45, 2.75) is 62.4 Å². The molecule has 1 aromatic rings. The number of rotatable bonds is 3. The van der Waals surface area contributed by atoms with E-state index in [9.17, 15) is 13.2 Å². The van der Waals surface area contributed by atoms with Gasteiger partial charge in [-0.3, -0.25) is 4.79 Å². The monoisotopic (exact) mass is 380 g/mol. The lowest BCUT2D eigenvalue weighted by Crippen LogP contribution is -2.54. The highest BCUT2D eigenvalue weighted by atomic mass is 32.2. The summed E-state index contributed by atoms with van der Waals surface area (Å²) in [5.74, 6) is 0.189. The predicted octanol–water partition coefficient (Wildman–Crippen LogP) is 1.76. The maximum absolute atomic E-state index is 13.3. The van der Waals surface area contributed by atoms with E-state index in [1.54, 1.807) is 11.6 Å². The molecule has 1 spiro atoms. The molecule has 2 aliphatic heterocycles. The van der Waals surface area contributed by atoms with Gasteiger partial charge in [-0.25, -0.2) is 13.4 Å². The van der Waals surface area contributed by atoms with E-state index in [0.717, 1.165) is 32.2 Å². The van der Waals surface area contributed by atoms with Crippen LogP contribution in [0.25, 0.3) is 0 Å². The van der Waals surface area contributed by atoms with Gasteiger partial charge in [0.05, 0.1) is 11.7 Å². The van der Waals surface area contributed by atoms with Gasteiger partial charge in [0.25, 0.3) is 10.0 Å². The van der Waals surface area contributed by atoms with Crippen LogP contribution >= 0.6 is 0 Å². The van der Waals surface area contributed by atoms with E-state index in [4.69, 9.17) is 0 Å². The molecule has 1 aliphatic carbocycles. The molecule has 0 N–H and O–H groups in total. The highest BCUT2D eigenvalue weighted by Gasteiger charge is 2.52. The number of sulfonamides is 1. The number of aryl methyl sites for hydroxylation is 1. The van der Waals surface area contributed by atoms with Crippen LogP contribution in [0.2, 0.25) is 0 Å². The lowest BCUT2D eigenvalue weighted by molar-refractivity contribution is -0.149. The highest BCUT2D eigenvalue weighted by molar-refractivity contribution is 7.89. The van der Waals surface area contributed by atoms with Crippen LogP contribution in [0.3, 0.4) is 0 Å². The van der Waals surface area contributed by atoms with Crippen molar-refractivity contribution in [3.05, 3.63) is 12.5 Å². The fourth-order valence-corrected chi connectivity index (χ4v) is 6.41. The van der Waals surface area contributed by atoms with Crippen molar-refractivity contribution < 1.29 is 13.2 Å². The third-order valence-corrected chi connectivity index (χ3v) is 8.12. The Morgan fingerprint density at radius 2 is 1.88 bits per heavy atom. The van der Waals surface area contributed by atoms with Crippen molar-refractivity contribution in [3.8, 4) is 0 Å². The molecule has 1 amide bonds. The van der Waals surface area contributed by atoms with Crippen molar-refractivity contribution in [1.29, 1.82) is 0 Å². The first-order chi connectivity index (χ1) is 12.4. The second-order valence-corrected chi connectivity index (χ2v) is 10.0. The van der Waals surface area contributed by atoms with Crippen molar-refractivity contribution >= 4 is 15.9 Å². The molecule has 144 valence electrons. The minimum Gasteiger partial charge on any atom is -0.339 e. The predicted molar refractivity (Wildman–Crippen MR) is 96.8 cm³/mol. The molecule has 0 bridgehead atoms. The number of carbonyl (C=O) groups excluding carboxylic acids is 1. The molecular weight excluding hydrogens is 352 g/mol. The lowest BCUT2D eigenvalue weighted by atomic mass is 9.77. The summed E-state index contributed by atoms with van der Waals surface area (Å²) in [6, 6.07) is 0.356. The third kappa shape index (κ3) is 2.97. The Morgan fingerprint density at radius 3 is 2.58 bits per heavy atom. The van der Waals surface area contributed by atoms with Gasteiger partial charge in [-0.2, -0.15) is 4.31 Å². The highest BCUT2D eigenvalue weighted by Crippen LogP contribution is 2.43. The van der Waals surface area contributed by atoms with Gasteiger partial charge >= 0.3 is 0 Å². The van der Waals surface area contributed by atoms with Crippen molar-refractivity contribution in [3.63, 3.8) is 0 Å². The Bertz CT molecular complexity index is 784. The van der Waals surface area contributed by atoms with Gasteiger partial charge in [0.1, 0.15) is 0 Å². The summed E-state index contributed by atoms with van der Waals surface area (Å²) in [5.41, 5.74) is -0.530. The first kappa shape index (κ1) is 18.0. The van der Waals surface area contributed by atoms with E-state index < -0.39 is 15.4 Å². The second kappa shape index (κ2) is 6.64. The van der Waals surface area contributed by atoms with E-state index >= 15 is 0 Å². The number of imidazole rings is 1. The van der Waals surface area contributed by atoms with Gasteiger partial charge in [-0.15, -0.1) is 0 Å². The van der Waals surface area contributed by atoms with Crippen LogP contribution in [0.4, 0.5) is 0 Å². The van der Waals surface area contributed by atoms with E-state index in [1.165, 1.54) is 36.1 Å². The lowest BCUT2D eigenvalue weighted by Gasteiger charge is -2.44. The molecule has 1 atom stereocenters. The molecule has 7 nitrogen and oxygen atoms in total. The molecule has 1 saturated carbocycles. The number of aromatic nitrogens is 2. The topological polar surface area (TPSA) is 75.5 Å². The molecule has 2 saturated heterocycles. The molecule has 8 heteroatoms. The summed E-state index contributed by atoms with van der Waals surface area (Å²) in [5, 5.41) is 0.0736. The zero-order chi connectivity index (χ0) is 18.4. The minimum absolute atomic E-state index is 0.0736. The van der Waals surface area contributed by atoms with Gasteiger partial charge in [-0.1, -0.05) is 19.3 Å². The first-order valence-electron chi connectivity index (χ1n) is 9.72. The van der Waals surface area contributed by atoms with Gasteiger partial charge in [0, 0.05) is 38.9 Å². The van der Waals surface area contributed by atoms with Crippen LogP contribution in [0, 0.1) is 5.41 Å². The Hall–Kier alpha value is -1.41. The number of carbonyl (C=O) groups is 1. The average molecular weight is 381 g/mol. The van der Waals surface area contributed by atoms with Crippen LogP contribution in [0.15, 0.2) is 17.6 Å². The van der Waals surface area contributed by atoms with Crippen LogP contribution < -0.4 is 0 Å². The van der Waals surface area contributed by atoms with E-state index in [1.807, 2.05) is 0 Å². The number of nitrogens with zero attached hydrogens (tertiary/aromatic N) is 4. The Kier molecular flexibility index (Phi) is 4.59. The number of amides is 1. The first-order valence-corrected chi connectivity index (χ1v) is 11.2. The van der Waals surface area contributed by atoms with Gasteiger partial charge < -0.3 is 9.47 Å². The van der Waals surface area contributed by atoms with Crippen LogP contribution in [-0.2, 0) is 21.9 Å². The van der Waals surface area contributed by atoms with E-state index in [2.05, 4.69) is 9.88 Å².